The van der Waals surface area contributed by atoms with E-state index in [4.69, 9.17) is 4.42 Å². The van der Waals surface area contributed by atoms with Crippen molar-refractivity contribution >= 4 is 16.6 Å². The van der Waals surface area contributed by atoms with Gasteiger partial charge in [0.25, 0.3) is 0 Å². The minimum absolute atomic E-state index is 0.0528. The molecule has 0 atom stereocenters. The van der Waals surface area contributed by atoms with Gasteiger partial charge in [0.2, 0.25) is 0 Å². The van der Waals surface area contributed by atoms with Crippen molar-refractivity contribution in [3.8, 4) is 0 Å². The number of piperazine rings is 1. The topological polar surface area (TPSA) is 33.3 Å². The maximum atomic E-state index is 13.7. The zero-order valence-electron chi connectivity index (χ0n) is 14.4. The molecule has 0 spiro atoms. The van der Waals surface area contributed by atoms with E-state index in [-0.39, 0.29) is 6.54 Å². The molecule has 138 valence electrons. The SMILES string of the molecule is Cc1ccc(Cn2c(C(F)(F)F)cc3c(N4CCNCC4)cccc32)o1. The minimum atomic E-state index is -4.43. The summed E-state index contributed by atoms with van der Waals surface area (Å²) in [6.07, 6.45) is -4.43. The Kier molecular flexibility index (Phi) is 4.19. The number of benzene rings is 1. The van der Waals surface area contributed by atoms with E-state index < -0.39 is 11.9 Å². The van der Waals surface area contributed by atoms with Gasteiger partial charge in [-0.25, -0.2) is 0 Å². The minimum Gasteiger partial charge on any atom is -0.464 e. The maximum absolute atomic E-state index is 13.7. The molecule has 3 aromatic rings. The van der Waals surface area contributed by atoms with Crippen molar-refractivity contribution in [2.75, 3.05) is 31.1 Å². The molecule has 26 heavy (non-hydrogen) atoms. The molecule has 0 aliphatic carbocycles. The summed E-state index contributed by atoms with van der Waals surface area (Å²) < 4.78 is 47.9. The van der Waals surface area contributed by atoms with E-state index in [2.05, 4.69) is 10.2 Å². The van der Waals surface area contributed by atoms with Gasteiger partial charge in [0, 0.05) is 37.3 Å². The van der Waals surface area contributed by atoms with Crippen molar-refractivity contribution in [2.24, 2.45) is 0 Å². The Morgan fingerprint density at radius 2 is 1.88 bits per heavy atom. The first kappa shape index (κ1) is 17.0. The monoisotopic (exact) mass is 363 g/mol. The highest BCUT2D eigenvalue weighted by atomic mass is 19.4. The third-order valence-electron chi connectivity index (χ3n) is 4.78. The lowest BCUT2D eigenvalue weighted by Gasteiger charge is -2.30. The van der Waals surface area contributed by atoms with Crippen LogP contribution in [-0.2, 0) is 12.7 Å². The van der Waals surface area contributed by atoms with Crippen molar-refractivity contribution < 1.29 is 17.6 Å². The average molecular weight is 363 g/mol. The van der Waals surface area contributed by atoms with Gasteiger partial charge in [0.15, 0.2) is 0 Å². The molecule has 0 saturated carbocycles. The first-order valence-corrected chi connectivity index (χ1v) is 8.64. The van der Waals surface area contributed by atoms with Crippen molar-refractivity contribution in [1.82, 2.24) is 9.88 Å². The number of hydrogen-bond acceptors (Lipinski definition) is 3. The number of nitrogens with one attached hydrogen (secondary N) is 1. The predicted molar refractivity (Wildman–Crippen MR) is 94.6 cm³/mol. The molecule has 1 aliphatic heterocycles. The lowest BCUT2D eigenvalue weighted by molar-refractivity contribution is -0.143. The van der Waals surface area contributed by atoms with Gasteiger partial charge < -0.3 is 19.2 Å². The third-order valence-corrected chi connectivity index (χ3v) is 4.78. The van der Waals surface area contributed by atoms with E-state index in [0.717, 1.165) is 31.9 Å². The lowest BCUT2D eigenvalue weighted by Crippen LogP contribution is -2.43. The molecule has 0 unspecified atom stereocenters. The van der Waals surface area contributed by atoms with Crippen molar-refractivity contribution in [1.29, 1.82) is 0 Å². The maximum Gasteiger partial charge on any atom is 0.431 e. The van der Waals surface area contributed by atoms with Crippen LogP contribution in [0.3, 0.4) is 0 Å². The first-order valence-electron chi connectivity index (χ1n) is 8.64. The van der Waals surface area contributed by atoms with Gasteiger partial charge in [-0.3, -0.25) is 0 Å². The Morgan fingerprint density at radius 1 is 1.12 bits per heavy atom. The molecule has 7 heteroatoms. The summed E-state index contributed by atoms with van der Waals surface area (Å²) in [6.45, 7) is 5.05. The number of fused-ring (bicyclic) bond motifs is 1. The summed E-state index contributed by atoms with van der Waals surface area (Å²) >= 11 is 0. The summed E-state index contributed by atoms with van der Waals surface area (Å²) in [7, 11) is 0. The van der Waals surface area contributed by atoms with E-state index in [1.807, 2.05) is 12.1 Å². The number of rotatable bonds is 3. The van der Waals surface area contributed by atoms with Crippen molar-refractivity contribution in [3.63, 3.8) is 0 Å². The standard InChI is InChI=1S/C19H20F3N3O/c1-13-5-6-14(26-13)12-25-17-4-2-3-16(24-9-7-23-8-10-24)15(17)11-18(25)19(20,21)22/h2-6,11,23H,7-10,12H2,1H3. The molecule has 1 fully saturated rings. The zero-order valence-corrected chi connectivity index (χ0v) is 14.4. The van der Waals surface area contributed by atoms with Gasteiger partial charge in [-0.05, 0) is 37.3 Å². The molecular formula is C19H20F3N3O. The highest BCUT2D eigenvalue weighted by Gasteiger charge is 2.36. The van der Waals surface area contributed by atoms with Crippen LogP contribution in [0, 0.1) is 6.92 Å². The molecule has 1 aliphatic rings. The zero-order chi connectivity index (χ0) is 18.3. The van der Waals surface area contributed by atoms with E-state index in [1.165, 1.54) is 10.6 Å². The summed E-state index contributed by atoms with van der Waals surface area (Å²) in [5.74, 6) is 1.20. The predicted octanol–water partition coefficient (Wildman–Crippen LogP) is 4.02. The molecule has 1 N–H and O–H groups in total. The summed E-state index contributed by atoms with van der Waals surface area (Å²) in [5, 5.41) is 3.90. The van der Waals surface area contributed by atoms with E-state index >= 15 is 0 Å². The molecule has 4 rings (SSSR count). The largest absolute Gasteiger partial charge is 0.464 e. The Morgan fingerprint density at radius 3 is 2.54 bits per heavy atom. The number of nitrogens with zero attached hydrogens (tertiary/aromatic N) is 2. The Balaban J connectivity index is 1.85. The van der Waals surface area contributed by atoms with Crippen LogP contribution in [0.5, 0.6) is 0 Å². The number of aromatic nitrogens is 1. The van der Waals surface area contributed by atoms with Crippen LogP contribution in [0.25, 0.3) is 10.9 Å². The summed E-state index contributed by atoms with van der Waals surface area (Å²) in [4.78, 5) is 2.14. The quantitative estimate of drug-likeness (QED) is 0.763. The van der Waals surface area contributed by atoms with Gasteiger partial charge in [0.05, 0.1) is 12.1 Å². The molecule has 0 amide bonds. The van der Waals surface area contributed by atoms with Crippen LogP contribution in [0.4, 0.5) is 18.9 Å². The number of alkyl halides is 3. The van der Waals surface area contributed by atoms with Crippen LogP contribution in [0.2, 0.25) is 0 Å². The molecule has 0 bridgehead atoms. The highest BCUT2D eigenvalue weighted by Crippen LogP contribution is 2.38. The fourth-order valence-electron chi connectivity index (χ4n) is 3.58. The van der Waals surface area contributed by atoms with Crippen LogP contribution >= 0.6 is 0 Å². The Bertz CT molecular complexity index is 920. The molecule has 1 saturated heterocycles. The van der Waals surface area contributed by atoms with Gasteiger partial charge in [0.1, 0.15) is 17.2 Å². The highest BCUT2D eigenvalue weighted by molar-refractivity contribution is 5.94. The van der Waals surface area contributed by atoms with E-state index in [9.17, 15) is 13.2 Å². The number of hydrogen-bond donors (Lipinski definition) is 1. The smallest absolute Gasteiger partial charge is 0.431 e. The third kappa shape index (κ3) is 3.07. The van der Waals surface area contributed by atoms with E-state index in [0.29, 0.717) is 22.4 Å². The molecular weight excluding hydrogens is 343 g/mol. The Hall–Kier alpha value is -2.41. The van der Waals surface area contributed by atoms with Gasteiger partial charge in [-0.2, -0.15) is 13.2 Å². The van der Waals surface area contributed by atoms with Gasteiger partial charge >= 0.3 is 6.18 Å². The summed E-state index contributed by atoms with van der Waals surface area (Å²) in [5.41, 5.74) is 0.774. The second-order valence-electron chi connectivity index (χ2n) is 6.57. The molecule has 0 radical (unpaired) electrons. The first-order chi connectivity index (χ1) is 12.4. The normalized spacial score (nSPS) is 15.8. The van der Waals surface area contributed by atoms with Crippen LogP contribution in [-0.4, -0.2) is 30.7 Å². The second-order valence-corrected chi connectivity index (χ2v) is 6.57. The molecule has 1 aromatic carbocycles. The summed E-state index contributed by atoms with van der Waals surface area (Å²) in [6, 6.07) is 10.2. The van der Waals surface area contributed by atoms with Crippen LogP contribution in [0.15, 0.2) is 40.8 Å². The molecule has 2 aromatic heterocycles. The van der Waals surface area contributed by atoms with E-state index in [1.54, 1.807) is 25.1 Å². The van der Waals surface area contributed by atoms with Crippen LogP contribution < -0.4 is 10.2 Å². The van der Waals surface area contributed by atoms with Gasteiger partial charge in [-0.15, -0.1) is 0 Å². The Labute approximate surface area is 149 Å². The fourth-order valence-corrected chi connectivity index (χ4v) is 3.58. The average Bonchev–Trinajstić information content (AvgIpc) is 3.19. The fraction of sp³-hybridized carbons (Fsp3) is 0.368. The van der Waals surface area contributed by atoms with Crippen LogP contribution in [0.1, 0.15) is 17.2 Å². The van der Waals surface area contributed by atoms with Gasteiger partial charge in [-0.1, -0.05) is 6.07 Å². The number of anilines is 1. The van der Waals surface area contributed by atoms with Crippen molar-refractivity contribution in [3.05, 3.63) is 53.6 Å². The molecule has 3 heterocycles. The number of halogens is 3. The second kappa shape index (κ2) is 6.39. The van der Waals surface area contributed by atoms with Crippen molar-refractivity contribution in [2.45, 2.75) is 19.6 Å². The number of furan rings is 1. The molecule has 4 nitrogen and oxygen atoms in total. The number of aryl methyl sites for hydroxylation is 1. The lowest BCUT2D eigenvalue weighted by atomic mass is 10.1.